The number of aliphatic carboxylic acids is 1. The van der Waals surface area contributed by atoms with Gasteiger partial charge in [0.25, 0.3) is 0 Å². The zero-order valence-electron chi connectivity index (χ0n) is 10.8. The van der Waals surface area contributed by atoms with Crippen molar-refractivity contribution in [1.82, 2.24) is 4.90 Å². The van der Waals surface area contributed by atoms with E-state index in [9.17, 15) is 4.79 Å². The molecule has 0 bridgehead atoms. The van der Waals surface area contributed by atoms with Gasteiger partial charge in [0.1, 0.15) is 11.8 Å². The normalized spacial score (nSPS) is 12.4. The van der Waals surface area contributed by atoms with Crippen molar-refractivity contribution in [1.29, 1.82) is 0 Å². The Bertz CT molecular complexity index is 396. The lowest BCUT2D eigenvalue weighted by Gasteiger charge is -2.19. The molecule has 100 valence electrons. The van der Waals surface area contributed by atoms with Gasteiger partial charge in [-0.25, -0.2) is 0 Å². The second-order valence-electron chi connectivity index (χ2n) is 4.28. The maximum absolute atomic E-state index is 10.6. The van der Waals surface area contributed by atoms with Crippen molar-refractivity contribution in [2.24, 2.45) is 5.73 Å². The number of methoxy groups -OCH3 is 1. The van der Waals surface area contributed by atoms with Gasteiger partial charge in [0.05, 0.1) is 7.11 Å². The molecule has 0 amide bonds. The van der Waals surface area contributed by atoms with E-state index in [1.165, 1.54) is 0 Å². The van der Waals surface area contributed by atoms with Crippen molar-refractivity contribution in [3.8, 4) is 5.75 Å². The van der Waals surface area contributed by atoms with Gasteiger partial charge in [-0.3, -0.25) is 4.79 Å². The second kappa shape index (κ2) is 6.98. The Balaban J connectivity index is 2.49. The number of nitrogens with zero attached hydrogens (tertiary/aromatic N) is 1. The van der Waals surface area contributed by atoms with E-state index in [0.29, 0.717) is 19.5 Å². The van der Waals surface area contributed by atoms with Crippen molar-refractivity contribution in [2.45, 2.75) is 19.0 Å². The Morgan fingerprint density at radius 1 is 1.50 bits per heavy atom. The summed E-state index contributed by atoms with van der Waals surface area (Å²) < 4.78 is 5.26. The Hall–Kier alpha value is -1.59. The second-order valence-corrected chi connectivity index (χ2v) is 4.28. The van der Waals surface area contributed by atoms with Gasteiger partial charge in [0.2, 0.25) is 0 Å². The summed E-state index contributed by atoms with van der Waals surface area (Å²) in [6.07, 6.45) is 0.432. The van der Waals surface area contributed by atoms with E-state index >= 15 is 0 Å². The van der Waals surface area contributed by atoms with Crippen molar-refractivity contribution in [3.63, 3.8) is 0 Å². The molecule has 5 nitrogen and oxygen atoms in total. The lowest BCUT2D eigenvalue weighted by Crippen LogP contribution is -2.34. The molecular weight excluding hydrogens is 232 g/mol. The number of benzene rings is 1. The Morgan fingerprint density at radius 2 is 2.17 bits per heavy atom. The molecule has 1 unspecified atom stereocenters. The first-order valence-electron chi connectivity index (χ1n) is 5.83. The zero-order chi connectivity index (χ0) is 13.5. The summed E-state index contributed by atoms with van der Waals surface area (Å²) >= 11 is 0. The fourth-order valence-corrected chi connectivity index (χ4v) is 1.69. The first-order chi connectivity index (χ1) is 8.54. The molecule has 0 saturated heterocycles. The highest BCUT2D eigenvalue weighted by molar-refractivity contribution is 5.72. The van der Waals surface area contributed by atoms with E-state index in [4.69, 9.17) is 15.6 Å². The maximum Gasteiger partial charge on any atom is 0.320 e. The quantitative estimate of drug-likeness (QED) is 0.755. The van der Waals surface area contributed by atoms with Gasteiger partial charge in [-0.05, 0) is 19.5 Å². The molecule has 1 rings (SSSR count). The molecule has 0 aliphatic rings. The summed E-state index contributed by atoms with van der Waals surface area (Å²) in [5, 5.41) is 8.70. The molecular formula is C13H20N2O3. The molecule has 1 atom stereocenters. The molecule has 1 aromatic carbocycles. The van der Waals surface area contributed by atoms with Crippen LogP contribution in [0.1, 0.15) is 12.0 Å². The van der Waals surface area contributed by atoms with Crippen molar-refractivity contribution in [3.05, 3.63) is 29.8 Å². The average molecular weight is 252 g/mol. The molecule has 3 N–H and O–H groups in total. The third kappa shape index (κ3) is 4.35. The van der Waals surface area contributed by atoms with Gasteiger partial charge >= 0.3 is 5.97 Å². The average Bonchev–Trinajstić information content (AvgIpc) is 2.36. The third-order valence-corrected chi connectivity index (χ3v) is 2.77. The van der Waals surface area contributed by atoms with Gasteiger partial charge in [-0.1, -0.05) is 18.2 Å². The molecule has 0 spiro atoms. The van der Waals surface area contributed by atoms with E-state index < -0.39 is 12.0 Å². The molecule has 0 aliphatic carbocycles. The van der Waals surface area contributed by atoms with Crippen LogP contribution in [0.15, 0.2) is 24.3 Å². The molecule has 0 saturated carbocycles. The Labute approximate surface area is 107 Å². The Morgan fingerprint density at radius 3 is 2.78 bits per heavy atom. The summed E-state index contributed by atoms with van der Waals surface area (Å²) in [4.78, 5) is 12.6. The fourth-order valence-electron chi connectivity index (χ4n) is 1.69. The molecule has 5 heteroatoms. The van der Waals surface area contributed by atoms with Gasteiger partial charge in [-0.2, -0.15) is 0 Å². The number of carboxylic acids is 1. The monoisotopic (exact) mass is 252 g/mol. The summed E-state index contributed by atoms with van der Waals surface area (Å²) in [7, 11) is 3.57. The van der Waals surface area contributed by atoms with Crippen molar-refractivity contribution >= 4 is 5.97 Å². The zero-order valence-corrected chi connectivity index (χ0v) is 10.8. The first kappa shape index (κ1) is 14.5. The third-order valence-electron chi connectivity index (χ3n) is 2.77. The maximum atomic E-state index is 10.6. The number of nitrogens with two attached hydrogens (primary N) is 1. The number of carbonyl (C=O) groups is 1. The van der Waals surface area contributed by atoms with Crippen LogP contribution in [0.3, 0.4) is 0 Å². The number of hydrogen-bond acceptors (Lipinski definition) is 4. The highest BCUT2D eigenvalue weighted by atomic mass is 16.5. The van der Waals surface area contributed by atoms with Crippen LogP contribution < -0.4 is 10.5 Å². The number of hydrogen-bond donors (Lipinski definition) is 2. The van der Waals surface area contributed by atoms with Crippen LogP contribution >= 0.6 is 0 Å². The summed E-state index contributed by atoms with van der Waals surface area (Å²) in [6, 6.07) is 6.97. The molecule has 0 heterocycles. The van der Waals surface area contributed by atoms with Gasteiger partial charge in [-0.15, -0.1) is 0 Å². The first-order valence-corrected chi connectivity index (χ1v) is 5.83. The molecule has 1 aromatic rings. The molecule has 18 heavy (non-hydrogen) atoms. The largest absolute Gasteiger partial charge is 0.496 e. The number of carboxylic acid groups (broad SMARTS) is 1. The van der Waals surface area contributed by atoms with Crippen LogP contribution in [-0.2, 0) is 11.3 Å². The predicted molar refractivity (Wildman–Crippen MR) is 69.6 cm³/mol. The van der Waals surface area contributed by atoms with Crippen LogP contribution in [0.4, 0.5) is 0 Å². The van der Waals surface area contributed by atoms with Gasteiger partial charge in [0.15, 0.2) is 0 Å². The van der Waals surface area contributed by atoms with Crippen molar-refractivity contribution < 1.29 is 14.6 Å². The minimum atomic E-state index is -0.958. The summed E-state index contributed by atoms with van der Waals surface area (Å²) in [5.41, 5.74) is 6.54. The van der Waals surface area contributed by atoms with Crippen LogP contribution in [0, 0.1) is 0 Å². The van der Waals surface area contributed by atoms with Gasteiger partial charge < -0.3 is 20.5 Å². The van der Waals surface area contributed by atoms with Crippen LogP contribution in [0.25, 0.3) is 0 Å². The highest BCUT2D eigenvalue weighted by Gasteiger charge is 2.12. The highest BCUT2D eigenvalue weighted by Crippen LogP contribution is 2.18. The van der Waals surface area contributed by atoms with E-state index in [-0.39, 0.29) is 0 Å². The number of ether oxygens (including phenoxy) is 1. The van der Waals surface area contributed by atoms with Gasteiger partial charge in [0, 0.05) is 18.7 Å². The predicted octanol–water partition coefficient (Wildman–Crippen LogP) is 0.929. The topological polar surface area (TPSA) is 75.8 Å². The lowest BCUT2D eigenvalue weighted by atomic mass is 10.1. The Kier molecular flexibility index (Phi) is 5.61. The lowest BCUT2D eigenvalue weighted by molar-refractivity contribution is -0.138. The van der Waals surface area contributed by atoms with E-state index in [0.717, 1.165) is 11.3 Å². The minimum absolute atomic E-state index is 0.432. The smallest absolute Gasteiger partial charge is 0.320 e. The fraction of sp³-hybridized carbons (Fsp3) is 0.462. The van der Waals surface area contributed by atoms with Crippen LogP contribution in [0.5, 0.6) is 5.75 Å². The summed E-state index contributed by atoms with van der Waals surface area (Å²) in [5.74, 6) is -0.118. The summed E-state index contributed by atoms with van der Waals surface area (Å²) in [6.45, 7) is 1.34. The molecule has 0 aromatic heterocycles. The molecule has 0 radical (unpaired) electrons. The van der Waals surface area contributed by atoms with Crippen molar-refractivity contribution in [2.75, 3.05) is 20.7 Å². The number of rotatable bonds is 7. The standard InChI is InChI=1S/C13H20N2O3/c1-15(8-7-11(14)13(16)17)9-10-5-3-4-6-12(10)18-2/h3-6,11H,7-9,14H2,1-2H3,(H,16,17). The van der Waals surface area contributed by atoms with E-state index in [1.807, 2.05) is 36.2 Å². The van der Waals surface area contributed by atoms with Crippen LogP contribution in [0.2, 0.25) is 0 Å². The SMILES string of the molecule is COc1ccccc1CN(C)CCC(N)C(=O)O. The minimum Gasteiger partial charge on any atom is -0.496 e. The van der Waals surface area contributed by atoms with E-state index in [1.54, 1.807) is 7.11 Å². The van der Waals surface area contributed by atoms with E-state index in [2.05, 4.69) is 0 Å². The van der Waals surface area contributed by atoms with Crippen LogP contribution in [-0.4, -0.2) is 42.7 Å². The molecule has 0 fully saturated rings. The molecule has 0 aliphatic heterocycles. The number of para-hydroxylation sites is 1.